The molecule has 0 saturated heterocycles. The number of hydrogen-bond donors (Lipinski definition) is 0. The molecule has 0 unspecified atom stereocenters. The van der Waals surface area contributed by atoms with Crippen molar-refractivity contribution in [2.24, 2.45) is 0 Å². The molecule has 1 amide bonds. The van der Waals surface area contributed by atoms with Crippen LogP contribution in [0.3, 0.4) is 0 Å². The van der Waals surface area contributed by atoms with Crippen LogP contribution in [0.5, 0.6) is 0 Å². The highest BCUT2D eigenvalue weighted by Gasteiger charge is 2.24. The van der Waals surface area contributed by atoms with Gasteiger partial charge in [0.25, 0.3) is 15.2 Å². The normalized spacial score (nSPS) is 11.3. The maximum absolute atomic E-state index is 12.1. The Morgan fingerprint density at radius 2 is 1.90 bits per heavy atom. The van der Waals surface area contributed by atoms with E-state index in [4.69, 9.17) is 0 Å². The van der Waals surface area contributed by atoms with Crippen LogP contribution in [-0.2, 0) is 10.0 Å². The minimum atomic E-state index is -3.76. The summed E-state index contributed by atoms with van der Waals surface area (Å²) in [6.45, 7) is 7.69. The third-order valence-corrected chi connectivity index (χ3v) is 3.96. The maximum atomic E-state index is 12.1. The van der Waals surface area contributed by atoms with Crippen LogP contribution in [0, 0.1) is 0 Å². The number of rotatable bonds is 6. The fourth-order valence-electron chi connectivity index (χ4n) is 1.31. The van der Waals surface area contributed by atoms with Crippen LogP contribution in [-0.4, -0.2) is 65.6 Å². The molecule has 9 heteroatoms. The fourth-order valence-corrected chi connectivity index (χ4v) is 2.01. The Balaban J connectivity index is 3.04. The predicted molar refractivity (Wildman–Crippen MR) is 73.7 cm³/mol. The Bertz CT molecular complexity index is 595. The molecule has 1 heterocycles. The van der Waals surface area contributed by atoms with Gasteiger partial charge in [-0.15, -0.1) is 18.3 Å². The average Bonchev–Trinajstić information content (AvgIpc) is 2.87. The lowest BCUT2D eigenvalue weighted by Gasteiger charge is -2.17. The van der Waals surface area contributed by atoms with Crippen molar-refractivity contribution in [1.29, 1.82) is 0 Å². The van der Waals surface area contributed by atoms with E-state index >= 15 is 0 Å². The van der Waals surface area contributed by atoms with Gasteiger partial charge in [0, 0.05) is 27.2 Å². The minimum absolute atomic E-state index is 0.292. The van der Waals surface area contributed by atoms with Crippen LogP contribution in [0.4, 0.5) is 4.79 Å². The Morgan fingerprint density at radius 1 is 1.35 bits per heavy atom. The first-order valence-electron chi connectivity index (χ1n) is 5.69. The average molecular weight is 299 g/mol. The van der Waals surface area contributed by atoms with E-state index in [9.17, 15) is 13.2 Å². The number of nitrogens with zero attached hydrogens (tertiary/aromatic N) is 5. The van der Waals surface area contributed by atoms with Gasteiger partial charge in [0.15, 0.2) is 0 Å². The Hall–Kier alpha value is -2.00. The number of aromatic nitrogens is 3. The molecule has 0 spiro atoms. The van der Waals surface area contributed by atoms with Crippen molar-refractivity contribution in [3.63, 3.8) is 0 Å². The third kappa shape index (κ3) is 3.31. The summed E-state index contributed by atoms with van der Waals surface area (Å²) in [5.74, 6) is 0. The Kier molecular flexibility index (Phi) is 5.17. The summed E-state index contributed by atoms with van der Waals surface area (Å²) >= 11 is 0. The summed E-state index contributed by atoms with van der Waals surface area (Å²) in [6.07, 6.45) is 4.17. The topological polar surface area (TPSA) is 88.4 Å². The third-order valence-electron chi connectivity index (χ3n) is 2.35. The molecule has 0 aliphatic carbocycles. The highest BCUT2D eigenvalue weighted by molar-refractivity contribution is 7.88. The molecular weight excluding hydrogens is 282 g/mol. The second-order valence-corrected chi connectivity index (χ2v) is 6.07. The molecule has 1 rings (SSSR count). The van der Waals surface area contributed by atoms with Crippen molar-refractivity contribution in [1.82, 2.24) is 24.0 Å². The van der Waals surface area contributed by atoms with Crippen LogP contribution in [0.1, 0.15) is 0 Å². The molecule has 0 N–H and O–H groups in total. The number of sulfonamides is 1. The lowest BCUT2D eigenvalue weighted by Crippen LogP contribution is -2.35. The maximum Gasteiger partial charge on any atom is 0.346 e. The summed E-state index contributed by atoms with van der Waals surface area (Å²) < 4.78 is 25.5. The largest absolute Gasteiger partial charge is 0.346 e. The molecule has 0 bridgehead atoms. The summed E-state index contributed by atoms with van der Waals surface area (Å²) in [5, 5.41) is 3.28. The van der Waals surface area contributed by atoms with E-state index in [0.29, 0.717) is 13.1 Å². The van der Waals surface area contributed by atoms with Gasteiger partial charge in [0.05, 0.1) is 0 Å². The zero-order chi connectivity index (χ0) is 15.3. The molecule has 110 valence electrons. The first kappa shape index (κ1) is 16.1. The van der Waals surface area contributed by atoms with Gasteiger partial charge in [-0.2, -0.15) is 4.68 Å². The minimum Gasteiger partial charge on any atom is -0.315 e. The Labute approximate surface area is 118 Å². The number of amides is 1. The van der Waals surface area contributed by atoms with E-state index in [2.05, 4.69) is 23.2 Å². The van der Waals surface area contributed by atoms with Gasteiger partial charge < -0.3 is 4.90 Å². The first-order valence-corrected chi connectivity index (χ1v) is 7.13. The van der Waals surface area contributed by atoms with Crippen LogP contribution < -0.4 is 0 Å². The van der Waals surface area contributed by atoms with Gasteiger partial charge in [-0.1, -0.05) is 12.2 Å². The van der Waals surface area contributed by atoms with Gasteiger partial charge in [-0.05, 0) is 0 Å². The Morgan fingerprint density at radius 3 is 2.35 bits per heavy atom. The van der Waals surface area contributed by atoms with Gasteiger partial charge in [0.2, 0.25) is 0 Å². The van der Waals surface area contributed by atoms with Crippen molar-refractivity contribution in [2.75, 3.05) is 27.2 Å². The predicted octanol–water partition coefficient (Wildman–Crippen LogP) is 0.170. The lowest BCUT2D eigenvalue weighted by atomic mass is 10.5. The second-order valence-electron chi connectivity index (χ2n) is 4.02. The highest BCUT2D eigenvalue weighted by atomic mass is 32.2. The van der Waals surface area contributed by atoms with E-state index in [-0.39, 0.29) is 0 Å². The van der Waals surface area contributed by atoms with Crippen LogP contribution >= 0.6 is 0 Å². The van der Waals surface area contributed by atoms with Crippen LogP contribution in [0.25, 0.3) is 0 Å². The second kappa shape index (κ2) is 6.44. The van der Waals surface area contributed by atoms with Crippen LogP contribution in [0.15, 0.2) is 36.8 Å². The standard InChI is InChI=1S/C11H17N5O3S/c1-5-7-15(8-6-2)11(17)16-9-12-10(13-16)20(18,19)14(3)4/h5-6,9H,1-2,7-8H2,3-4H3. The van der Waals surface area contributed by atoms with Gasteiger partial charge in [0.1, 0.15) is 6.33 Å². The molecule has 20 heavy (non-hydrogen) atoms. The fraction of sp³-hybridized carbons (Fsp3) is 0.364. The number of carbonyl (C=O) groups excluding carboxylic acids is 1. The van der Waals surface area contributed by atoms with Crippen molar-refractivity contribution in [3.8, 4) is 0 Å². The van der Waals surface area contributed by atoms with E-state index in [0.717, 1.165) is 15.3 Å². The molecule has 1 aromatic heterocycles. The van der Waals surface area contributed by atoms with Crippen molar-refractivity contribution in [2.45, 2.75) is 5.16 Å². The number of carbonyl (C=O) groups is 1. The highest BCUT2D eigenvalue weighted by Crippen LogP contribution is 2.06. The molecule has 0 aliphatic rings. The number of hydrogen-bond acceptors (Lipinski definition) is 5. The summed E-state index contributed by atoms with van der Waals surface area (Å²) in [7, 11) is -1.04. The smallest absolute Gasteiger partial charge is 0.315 e. The van der Waals surface area contributed by atoms with E-state index < -0.39 is 21.2 Å². The van der Waals surface area contributed by atoms with Crippen molar-refractivity contribution >= 4 is 16.1 Å². The summed E-state index contributed by atoms with van der Waals surface area (Å²) in [5.41, 5.74) is 0. The van der Waals surface area contributed by atoms with Crippen molar-refractivity contribution < 1.29 is 13.2 Å². The SMILES string of the molecule is C=CCN(CC=C)C(=O)n1cnc(S(=O)(=O)N(C)C)n1. The first-order chi connectivity index (χ1) is 9.34. The van der Waals surface area contributed by atoms with Gasteiger partial charge in [-0.25, -0.2) is 22.5 Å². The molecule has 1 aromatic rings. The molecule has 0 aliphatic heterocycles. The summed E-state index contributed by atoms with van der Waals surface area (Å²) in [6, 6.07) is -0.502. The molecular formula is C11H17N5O3S. The summed E-state index contributed by atoms with van der Waals surface area (Å²) in [4.78, 5) is 17.2. The molecule has 8 nitrogen and oxygen atoms in total. The lowest BCUT2D eigenvalue weighted by molar-refractivity contribution is 0.206. The van der Waals surface area contributed by atoms with Gasteiger partial charge >= 0.3 is 6.03 Å². The van der Waals surface area contributed by atoms with Crippen LogP contribution in [0.2, 0.25) is 0 Å². The quantitative estimate of drug-likeness (QED) is 0.699. The van der Waals surface area contributed by atoms with E-state index in [1.807, 2.05) is 0 Å². The molecule has 0 radical (unpaired) electrons. The van der Waals surface area contributed by atoms with E-state index in [1.54, 1.807) is 12.2 Å². The van der Waals surface area contributed by atoms with Gasteiger partial charge in [-0.3, -0.25) is 0 Å². The molecule has 0 atom stereocenters. The molecule has 0 aromatic carbocycles. The zero-order valence-corrected chi connectivity index (χ0v) is 12.2. The molecule has 0 fully saturated rings. The van der Waals surface area contributed by atoms with Crippen molar-refractivity contribution in [3.05, 3.63) is 31.6 Å². The monoisotopic (exact) mass is 299 g/mol. The van der Waals surface area contributed by atoms with E-state index in [1.165, 1.54) is 19.0 Å². The zero-order valence-electron chi connectivity index (χ0n) is 11.4. The molecule has 0 saturated carbocycles.